The summed E-state index contributed by atoms with van der Waals surface area (Å²) in [4.78, 5) is 0. The van der Waals surface area contributed by atoms with E-state index < -0.39 is 0 Å². The number of ether oxygens (including phenoxy) is 1. The third-order valence-electron chi connectivity index (χ3n) is 3.27. The normalized spacial score (nSPS) is 23.4. The average molecular weight is 204 g/mol. The summed E-state index contributed by atoms with van der Waals surface area (Å²) < 4.78 is 6.09. The Hall–Kier alpha value is -0.980. The zero-order valence-electron chi connectivity index (χ0n) is 10.3. The van der Waals surface area contributed by atoms with Gasteiger partial charge in [-0.25, -0.2) is 0 Å². The Morgan fingerprint density at radius 1 is 1.13 bits per heavy atom. The Bertz CT molecular complexity index is 371. The number of fused-ring (bicyclic) bond motifs is 1. The van der Waals surface area contributed by atoms with Crippen LogP contribution in [-0.2, 0) is 5.41 Å². The second kappa shape index (κ2) is 3.01. The van der Waals surface area contributed by atoms with E-state index in [1.807, 2.05) is 6.07 Å². The minimum absolute atomic E-state index is 0.106. The van der Waals surface area contributed by atoms with E-state index in [4.69, 9.17) is 4.74 Å². The Balaban J connectivity index is 2.47. The molecule has 0 amide bonds. The smallest absolute Gasteiger partial charge is 0.123 e. The van der Waals surface area contributed by atoms with Crippen molar-refractivity contribution in [1.82, 2.24) is 0 Å². The van der Waals surface area contributed by atoms with Crippen molar-refractivity contribution < 1.29 is 4.74 Å². The van der Waals surface area contributed by atoms with Gasteiger partial charge in [-0.05, 0) is 11.5 Å². The van der Waals surface area contributed by atoms with Crippen LogP contribution >= 0.6 is 0 Å². The van der Waals surface area contributed by atoms with Crippen molar-refractivity contribution in [2.45, 2.75) is 46.1 Å². The molecule has 15 heavy (non-hydrogen) atoms. The maximum absolute atomic E-state index is 6.09. The van der Waals surface area contributed by atoms with E-state index >= 15 is 0 Å². The molecule has 82 valence electrons. The second-order valence-electron chi connectivity index (χ2n) is 6.08. The lowest BCUT2D eigenvalue weighted by atomic mass is 9.71. The number of benzene rings is 1. The maximum atomic E-state index is 6.09. The Kier molecular flexibility index (Phi) is 2.11. The number of rotatable bonds is 0. The van der Waals surface area contributed by atoms with E-state index in [1.165, 1.54) is 5.56 Å². The maximum Gasteiger partial charge on any atom is 0.123 e. The van der Waals surface area contributed by atoms with E-state index in [1.54, 1.807) is 0 Å². The molecule has 1 nitrogen and oxygen atoms in total. The molecule has 1 atom stereocenters. The van der Waals surface area contributed by atoms with E-state index in [2.05, 4.69) is 52.8 Å². The average Bonchev–Trinajstić information content (AvgIpc) is 2.39. The highest BCUT2D eigenvalue weighted by molar-refractivity contribution is 5.44. The zero-order chi connectivity index (χ0) is 11.3. The molecular weight excluding hydrogens is 184 g/mol. The van der Waals surface area contributed by atoms with Crippen molar-refractivity contribution in [3.63, 3.8) is 0 Å². The lowest BCUT2D eigenvalue weighted by Crippen LogP contribution is -2.42. The Labute approximate surface area is 92.5 Å². The minimum Gasteiger partial charge on any atom is -0.489 e. The SMILES string of the molecule is CC(C)(C)C1Oc2ccccc2C1(C)C. The molecule has 1 aliphatic rings. The molecule has 1 aliphatic heterocycles. The van der Waals surface area contributed by atoms with Crippen molar-refractivity contribution in [3.05, 3.63) is 29.8 Å². The van der Waals surface area contributed by atoms with E-state index in [9.17, 15) is 0 Å². The number of para-hydroxylation sites is 1. The highest BCUT2D eigenvalue weighted by Gasteiger charge is 2.47. The third kappa shape index (κ3) is 1.54. The van der Waals surface area contributed by atoms with Gasteiger partial charge in [-0.15, -0.1) is 0 Å². The largest absolute Gasteiger partial charge is 0.489 e. The van der Waals surface area contributed by atoms with Crippen LogP contribution in [0.25, 0.3) is 0 Å². The van der Waals surface area contributed by atoms with Gasteiger partial charge in [0.1, 0.15) is 11.9 Å². The van der Waals surface area contributed by atoms with Gasteiger partial charge < -0.3 is 4.74 Å². The van der Waals surface area contributed by atoms with Crippen LogP contribution in [0.2, 0.25) is 0 Å². The summed E-state index contributed by atoms with van der Waals surface area (Å²) >= 11 is 0. The fraction of sp³-hybridized carbons (Fsp3) is 0.571. The molecule has 1 heteroatoms. The summed E-state index contributed by atoms with van der Waals surface area (Å²) in [5.74, 6) is 1.06. The molecule has 0 bridgehead atoms. The first kappa shape index (κ1) is 10.5. The summed E-state index contributed by atoms with van der Waals surface area (Å²) in [5.41, 5.74) is 1.61. The van der Waals surface area contributed by atoms with Gasteiger partial charge in [-0.1, -0.05) is 52.8 Å². The highest BCUT2D eigenvalue weighted by atomic mass is 16.5. The predicted octanol–water partition coefficient (Wildman–Crippen LogP) is 3.77. The summed E-state index contributed by atoms with van der Waals surface area (Å²) in [6.07, 6.45) is 0.252. The highest BCUT2D eigenvalue weighted by Crippen LogP contribution is 2.48. The van der Waals surface area contributed by atoms with E-state index in [0.717, 1.165) is 5.75 Å². The van der Waals surface area contributed by atoms with Crippen LogP contribution in [0.5, 0.6) is 5.75 Å². The van der Waals surface area contributed by atoms with Crippen LogP contribution in [0.3, 0.4) is 0 Å². The quantitative estimate of drug-likeness (QED) is 0.625. The fourth-order valence-corrected chi connectivity index (χ4v) is 2.78. The van der Waals surface area contributed by atoms with Crippen LogP contribution in [0.1, 0.15) is 40.2 Å². The second-order valence-corrected chi connectivity index (χ2v) is 6.08. The van der Waals surface area contributed by atoms with Gasteiger partial charge in [0, 0.05) is 11.0 Å². The Morgan fingerprint density at radius 2 is 1.73 bits per heavy atom. The zero-order valence-corrected chi connectivity index (χ0v) is 10.3. The monoisotopic (exact) mass is 204 g/mol. The summed E-state index contributed by atoms with van der Waals surface area (Å²) in [5, 5.41) is 0. The first-order valence-electron chi connectivity index (χ1n) is 5.59. The predicted molar refractivity (Wildman–Crippen MR) is 63.3 cm³/mol. The third-order valence-corrected chi connectivity index (χ3v) is 3.27. The molecule has 0 fully saturated rings. The topological polar surface area (TPSA) is 9.23 Å². The van der Waals surface area contributed by atoms with Crippen LogP contribution in [0, 0.1) is 5.41 Å². The van der Waals surface area contributed by atoms with Crippen molar-refractivity contribution in [3.8, 4) is 5.75 Å². The van der Waals surface area contributed by atoms with E-state index in [-0.39, 0.29) is 16.9 Å². The molecule has 0 saturated carbocycles. The molecule has 0 aliphatic carbocycles. The molecule has 1 heterocycles. The van der Waals surface area contributed by atoms with Crippen LogP contribution in [0.4, 0.5) is 0 Å². The van der Waals surface area contributed by atoms with Crippen LogP contribution in [-0.4, -0.2) is 6.10 Å². The molecule has 1 aromatic rings. The standard InChI is InChI=1S/C14H20O/c1-13(2,3)12-14(4,5)10-8-6-7-9-11(10)15-12/h6-9,12H,1-5H3. The lowest BCUT2D eigenvalue weighted by molar-refractivity contribution is 0.0562. The molecule has 1 unspecified atom stereocenters. The van der Waals surface area contributed by atoms with Crippen LogP contribution < -0.4 is 4.74 Å². The van der Waals surface area contributed by atoms with Gasteiger partial charge >= 0.3 is 0 Å². The van der Waals surface area contributed by atoms with Crippen LogP contribution in [0.15, 0.2) is 24.3 Å². The summed E-state index contributed by atoms with van der Waals surface area (Å²) in [6, 6.07) is 8.39. The minimum atomic E-state index is 0.106. The van der Waals surface area contributed by atoms with Crippen molar-refractivity contribution in [2.75, 3.05) is 0 Å². The van der Waals surface area contributed by atoms with Gasteiger partial charge in [0.05, 0.1) is 0 Å². The molecule has 0 spiro atoms. The molecule has 0 aromatic heterocycles. The Morgan fingerprint density at radius 3 is 2.27 bits per heavy atom. The van der Waals surface area contributed by atoms with Crippen molar-refractivity contribution in [2.24, 2.45) is 5.41 Å². The number of hydrogen-bond acceptors (Lipinski definition) is 1. The molecular formula is C14H20O. The van der Waals surface area contributed by atoms with Crippen molar-refractivity contribution >= 4 is 0 Å². The van der Waals surface area contributed by atoms with Gasteiger partial charge in [0.2, 0.25) is 0 Å². The van der Waals surface area contributed by atoms with Gasteiger partial charge in [-0.2, -0.15) is 0 Å². The fourth-order valence-electron chi connectivity index (χ4n) is 2.78. The first-order chi connectivity index (χ1) is 6.83. The van der Waals surface area contributed by atoms with Gasteiger partial charge in [0.15, 0.2) is 0 Å². The molecule has 1 aromatic carbocycles. The summed E-state index contributed by atoms with van der Waals surface area (Å²) in [7, 11) is 0. The molecule has 0 N–H and O–H groups in total. The molecule has 2 rings (SSSR count). The molecule has 0 radical (unpaired) electrons. The molecule has 0 saturated heterocycles. The number of hydrogen-bond donors (Lipinski definition) is 0. The van der Waals surface area contributed by atoms with Crippen molar-refractivity contribution in [1.29, 1.82) is 0 Å². The lowest BCUT2D eigenvalue weighted by Gasteiger charge is -2.36. The summed E-state index contributed by atoms with van der Waals surface area (Å²) in [6.45, 7) is 11.3. The first-order valence-corrected chi connectivity index (χ1v) is 5.59. The van der Waals surface area contributed by atoms with Gasteiger partial charge in [0.25, 0.3) is 0 Å². The van der Waals surface area contributed by atoms with Gasteiger partial charge in [-0.3, -0.25) is 0 Å². The van der Waals surface area contributed by atoms with E-state index in [0.29, 0.717) is 0 Å².